The summed E-state index contributed by atoms with van der Waals surface area (Å²) in [5.74, 6) is 0.986. The number of nitrogens with one attached hydrogen (secondary N) is 1. The van der Waals surface area contributed by atoms with Crippen molar-refractivity contribution in [3.8, 4) is 5.69 Å². The highest BCUT2D eigenvalue weighted by Gasteiger charge is 2.30. The van der Waals surface area contributed by atoms with Crippen LogP contribution in [0.25, 0.3) is 5.69 Å². The van der Waals surface area contributed by atoms with Crippen LogP contribution < -0.4 is 5.32 Å². The number of benzene rings is 1. The number of nitrogens with zero attached hydrogens (tertiary/aromatic N) is 3. The van der Waals surface area contributed by atoms with Gasteiger partial charge in [-0.2, -0.15) is 5.10 Å². The summed E-state index contributed by atoms with van der Waals surface area (Å²) in [6.45, 7) is 1.68. The first kappa shape index (κ1) is 13.3. The van der Waals surface area contributed by atoms with E-state index in [1.807, 2.05) is 4.68 Å². The van der Waals surface area contributed by atoms with Crippen molar-refractivity contribution < 1.29 is 9.66 Å². The van der Waals surface area contributed by atoms with Crippen LogP contribution in [0.5, 0.6) is 0 Å². The summed E-state index contributed by atoms with van der Waals surface area (Å²) in [6.07, 6.45) is 3.09. The summed E-state index contributed by atoms with van der Waals surface area (Å²) in [4.78, 5) is 10.4. The van der Waals surface area contributed by atoms with E-state index in [0.717, 1.165) is 49.6 Å². The third-order valence-corrected chi connectivity index (χ3v) is 4.22. The van der Waals surface area contributed by atoms with Gasteiger partial charge in [0, 0.05) is 30.8 Å². The molecule has 2 aliphatic rings. The summed E-state index contributed by atoms with van der Waals surface area (Å²) in [7, 11) is 0. The number of fused-ring (bicyclic) bond motifs is 1. The van der Waals surface area contributed by atoms with Crippen LogP contribution >= 0.6 is 0 Å². The Morgan fingerprint density at radius 3 is 2.86 bits per heavy atom. The number of nitro benzene ring substituents is 1. The van der Waals surface area contributed by atoms with E-state index >= 15 is 0 Å². The molecule has 1 atom stereocenters. The van der Waals surface area contributed by atoms with E-state index < -0.39 is 4.92 Å². The average Bonchev–Trinajstić information content (AvgIpc) is 3.24. The normalized spacial score (nSPS) is 19.9. The van der Waals surface area contributed by atoms with Crippen LogP contribution in [0, 0.1) is 10.1 Å². The molecule has 0 saturated carbocycles. The molecule has 1 N–H and O–H groups in total. The largest absolute Gasteiger partial charge is 0.372 e. The summed E-state index contributed by atoms with van der Waals surface area (Å²) >= 11 is 0. The third-order valence-electron chi connectivity index (χ3n) is 4.22. The Balaban J connectivity index is 1.75. The number of nitro groups is 1. The van der Waals surface area contributed by atoms with Crippen LogP contribution in [-0.2, 0) is 11.2 Å². The van der Waals surface area contributed by atoms with Crippen LogP contribution in [0.1, 0.15) is 30.2 Å². The Kier molecular flexibility index (Phi) is 3.07. The van der Waals surface area contributed by atoms with Crippen molar-refractivity contribution in [2.75, 3.05) is 18.5 Å². The Bertz CT molecular complexity index is 717. The molecule has 7 heteroatoms. The Hall–Kier alpha value is -2.41. The molecule has 22 heavy (non-hydrogen) atoms. The summed E-state index contributed by atoms with van der Waals surface area (Å²) in [5, 5.41) is 18.8. The summed E-state index contributed by atoms with van der Waals surface area (Å²) < 4.78 is 7.61. The molecule has 7 nitrogen and oxygen atoms in total. The smallest absolute Gasteiger partial charge is 0.269 e. The lowest BCUT2D eigenvalue weighted by Gasteiger charge is -2.08. The number of rotatable bonds is 3. The molecule has 0 radical (unpaired) electrons. The number of anilines is 1. The molecular weight excluding hydrogens is 284 g/mol. The first-order valence-corrected chi connectivity index (χ1v) is 7.46. The van der Waals surface area contributed by atoms with E-state index in [4.69, 9.17) is 9.84 Å². The fraction of sp³-hybridized carbons (Fsp3) is 0.400. The second-order valence-electron chi connectivity index (χ2n) is 5.58. The first-order valence-electron chi connectivity index (χ1n) is 7.46. The maximum atomic E-state index is 10.8. The molecule has 1 aromatic carbocycles. The number of aromatic nitrogens is 2. The third kappa shape index (κ3) is 2.05. The average molecular weight is 300 g/mol. The molecule has 1 saturated heterocycles. The van der Waals surface area contributed by atoms with E-state index in [1.54, 1.807) is 12.1 Å². The zero-order chi connectivity index (χ0) is 15.1. The highest BCUT2D eigenvalue weighted by atomic mass is 16.6. The minimum absolute atomic E-state index is 0.0768. The molecule has 114 valence electrons. The lowest BCUT2D eigenvalue weighted by atomic mass is 10.1. The van der Waals surface area contributed by atoms with Crippen molar-refractivity contribution in [1.82, 2.24) is 9.78 Å². The molecule has 1 aromatic heterocycles. The van der Waals surface area contributed by atoms with E-state index in [1.165, 1.54) is 17.7 Å². The minimum Gasteiger partial charge on any atom is -0.372 e. The van der Waals surface area contributed by atoms with Gasteiger partial charge in [-0.05, 0) is 31.4 Å². The SMILES string of the molecule is O=[N+]([O-])c1ccc(-n2nc(C3CCCO3)c3c2NCC3)cc1. The van der Waals surface area contributed by atoms with Crippen molar-refractivity contribution in [2.24, 2.45) is 0 Å². The van der Waals surface area contributed by atoms with Gasteiger partial charge in [0.1, 0.15) is 11.9 Å². The molecule has 0 amide bonds. The monoisotopic (exact) mass is 300 g/mol. The van der Waals surface area contributed by atoms with Gasteiger partial charge in [0.15, 0.2) is 0 Å². The second-order valence-corrected chi connectivity index (χ2v) is 5.58. The Labute approximate surface area is 127 Å². The van der Waals surface area contributed by atoms with Crippen molar-refractivity contribution in [1.29, 1.82) is 0 Å². The van der Waals surface area contributed by atoms with E-state index in [2.05, 4.69) is 5.32 Å². The molecule has 0 bridgehead atoms. The van der Waals surface area contributed by atoms with E-state index in [0.29, 0.717) is 0 Å². The number of ether oxygens (including phenoxy) is 1. The van der Waals surface area contributed by atoms with Crippen molar-refractivity contribution in [2.45, 2.75) is 25.4 Å². The lowest BCUT2D eigenvalue weighted by Crippen LogP contribution is -2.06. The standard InChI is InChI=1S/C15H16N4O3/c20-19(21)11-5-3-10(4-6-11)18-15-12(7-8-16-15)14(17-18)13-2-1-9-22-13/h3-6,13,16H,1-2,7-9H2. The van der Waals surface area contributed by atoms with Gasteiger partial charge in [-0.15, -0.1) is 0 Å². The van der Waals surface area contributed by atoms with E-state index in [-0.39, 0.29) is 11.8 Å². The molecule has 2 aromatic rings. The van der Waals surface area contributed by atoms with Crippen LogP contribution in [0.15, 0.2) is 24.3 Å². The van der Waals surface area contributed by atoms with Gasteiger partial charge in [0.05, 0.1) is 16.3 Å². The quantitative estimate of drug-likeness (QED) is 0.696. The Morgan fingerprint density at radius 2 is 2.18 bits per heavy atom. The Morgan fingerprint density at radius 1 is 1.36 bits per heavy atom. The van der Waals surface area contributed by atoms with E-state index in [9.17, 15) is 10.1 Å². The van der Waals surface area contributed by atoms with Crippen LogP contribution in [0.4, 0.5) is 11.5 Å². The molecule has 3 heterocycles. The summed E-state index contributed by atoms with van der Waals surface area (Å²) in [5.41, 5.74) is 3.13. The molecule has 0 aliphatic carbocycles. The fourth-order valence-corrected chi connectivity index (χ4v) is 3.16. The fourth-order valence-electron chi connectivity index (χ4n) is 3.16. The maximum absolute atomic E-state index is 10.8. The number of hydrogen-bond donors (Lipinski definition) is 1. The highest BCUT2D eigenvalue weighted by Crippen LogP contribution is 2.37. The first-order chi connectivity index (χ1) is 10.7. The predicted octanol–water partition coefficient (Wildman–Crippen LogP) is 2.60. The van der Waals surface area contributed by atoms with Crippen LogP contribution in [0.2, 0.25) is 0 Å². The van der Waals surface area contributed by atoms with Gasteiger partial charge < -0.3 is 10.1 Å². The molecule has 1 unspecified atom stereocenters. The zero-order valence-electron chi connectivity index (χ0n) is 12.0. The molecule has 2 aliphatic heterocycles. The molecule has 1 fully saturated rings. The number of hydrogen-bond acceptors (Lipinski definition) is 5. The van der Waals surface area contributed by atoms with Crippen LogP contribution in [-0.4, -0.2) is 27.9 Å². The van der Waals surface area contributed by atoms with Crippen molar-refractivity contribution in [3.05, 3.63) is 45.6 Å². The lowest BCUT2D eigenvalue weighted by molar-refractivity contribution is -0.384. The van der Waals surface area contributed by atoms with Gasteiger partial charge in [-0.3, -0.25) is 10.1 Å². The second kappa shape index (κ2) is 5.10. The van der Waals surface area contributed by atoms with Crippen molar-refractivity contribution >= 4 is 11.5 Å². The van der Waals surface area contributed by atoms with Gasteiger partial charge >= 0.3 is 0 Å². The van der Waals surface area contributed by atoms with Gasteiger partial charge in [0.25, 0.3) is 5.69 Å². The topological polar surface area (TPSA) is 82.2 Å². The van der Waals surface area contributed by atoms with Crippen LogP contribution in [0.3, 0.4) is 0 Å². The molecule has 4 rings (SSSR count). The highest BCUT2D eigenvalue weighted by molar-refractivity contribution is 5.58. The van der Waals surface area contributed by atoms with Gasteiger partial charge in [-0.1, -0.05) is 0 Å². The predicted molar refractivity (Wildman–Crippen MR) is 80.3 cm³/mol. The maximum Gasteiger partial charge on any atom is 0.269 e. The number of non-ortho nitro benzene ring substituents is 1. The molecule has 0 spiro atoms. The zero-order valence-corrected chi connectivity index (χ0v) is 12.0. The summed E-state index contributed by atoms with van der Waals surface area (Å²) in [6, 6.07) is 6.46. The van der Waals surface area contributed by atoms with Gasteiger partial charge in [0.2, 0.25) is 0 Å². The van der Waals surface area contributed by atoms with Gasteiger partial charge in [-0.25, -0.2) is 4.68 Å². The molecular formula is C15H16N4O3. The minimum atomic E-state index is -0.395. The van der Waals surface area contributed by atoms with Crippen molar-refractivity contribution in [3.63, 3.8) is 0 Å².